The highest BCUT2D eigenvalue weighted by Gasteiger charge is 2.12. The van der Waals surface area contributed by atoms with Gasteiger partial charge in [0, 0.05) is 17.9 Å². The Morgan fingerprint density at radius 3 is 2.60 bits per heavy atom. The number of aryl methyl sites for hydroxylation is 1. The second-order valence-electron chi connectivity index (χ2n) is 4.79. The molecule has 1 aromatic carbocycles. The second kappa shape index (κ2) is 7.07. The predicted octanol–water partition coefficient (Wildman–Crippen LogP) is 4.59. The Balaban J connectivity index is 2.22. The SMILES string of the molecule is CCNC(Cc1ccc(Cl)c(Cl)c1)c1ccnc(C)c1. The van der Waals surface area contributed by atoms with Crippen molar-refractivity contribution in [3.05, 3.63) is 63.4 Å². The molecule has 0 saturated heterocycles. The Morgan fingerprint density at radius 2 is 1.95 bits per heavy atom. The molecule has 1 unspecified atom stereocenters. The van der Waals surface area contributed by atoms with Crippen molar-refractivity contribution in [3.63, 3.8) is 0 Å². The van der Waals surface area contributed by atoms with Crippen molar-refractivity contribution in [2.75, 3.05) is 6.54 Å². The molecule has 1 N–H and O–H groups in total. The first-order chi connectivity index (χ1) is 9.60. The maximum atomic E-state index is 6.08. The van der Waals surface area contributed by atoms with Gasteiger partial charge in [-0.1, -0.05) is 36.2 Å². The highest BCUT2D eigenvalue weighted by molar-refractivity contribution is 6.42. The van der Waals surface area contributed by atoms with E-state index in [4.69, 9.17) is 23.2 Å². The van der Waals surface area contributed by atoms with Gasteiger partial charge < -0.3 is 5.32 Å². The summed E-state index contributed by atoms with van der Waals surface area (Å²) in [6, 6.07) is 10.2. The van der Waals surface area contributed by atoms with E-state index in [9.17, 15) is 0 Å². The Labute approximate surface area is 130 Å². The van der Waals surface area contributed by atoms with Crippen molar-refractivity contribution < 1.29 is 0 Å². The normalized spacial score (nSPS) is 12.4. The Kier molecular flexibility index (Phi) is 5.41. The third-order valence-electron chi connectivity index (χ3n) is 3.20. The van der Waals surface area contributed by atoms with E-state index in [2.05, 4.69) is 29.4 Å². The second-order valence-corrected chi connectivity index (χ2v) is 5.61. The number of benzene rings is 1. The smallest absolute Gasteiger partial charge is 0.0595 e. The molecule has 1 atom stereocenters. The van der Waals surface area contributed by atoms with Crippen molar-refractivity contribution in [2.24, 2.45) is 0 Å². The highest BCUT2D eigenvalue weighted by atomic mass is 35.5. The molecule has 0 spiro atoms. The molecule has 2 aromatic rings. The number of nitrogens with one attached hydrogen (secondary N) is 1. The zero-order valence-corrected chi connectivity index (χ0v) is 13.2. The average molecular weight is 309 g/mol. The summed E-state index contributed by atoms with van der Waals surface area (Å²) in [6.07, 6.45) is 2.72. The van der Waals surface area contributed by atoms with Crippen LogP contribution in [0.4, 0.5) is 0 Å². The quantitative estimate of drug-likeness (QED) is 0.874. The minimum absolute atomic E-state index is 0.249. The van der Waals surface area contributed by atoms with E-state index in [1.54, 1.807) is 0 Å². The van der Waals surface area contributed by atoms with E-state index in [1.165, 1.54) is 11.1 Å². The van der Waals surface area contributed by atoms with Gasteiger partial charge >= 0.3 is 0 Å². The van der Waals surface area contributed by atoms with Crippen molar-refractivity contribution in [2.45, 2.75) is 26.3 Å². The van der Waals surface area contributed by atoms with Crippen LogP contribution in [0.2, 0.25) is 10.0 Å². The third-order valence-corrected chi connectivity index (χ3v) is 3.94. The minimum Gasteiger partial charge on any atom is -0.310 e. The highest BCUT2D eigenvalue weighted by Crippen LogP contribution is 2.25. The van der Waals surface area contributed by atoms with E-state index in [-0.39, 0.29) is 6.04 Å². The molecule has 20 heavy (non-hydrogen) atoms. The molecule has 0 amide bonds. The molecular formula is C16H18Cl2N2. The molecule has 0 fully saturated rings. The summed E-state index contributed by atoms with van der Waals surface area (Å²) in [4.78, 5) is 4.25. The fourth-order valence-corrected chi connectivity index (χ4v) is 2.56. The van der Waals surface area contributed by atoms with Crippen molar-refractivity contribution >= 4 is 23.2 Å². The van der Waals surface area contributed by atoms with Gasteiger partial charge in [-0.25, -0.2) is 0 Å². The Bertz CT molecular complexity index is 584. The van der Waals surface area contributed by atoms with E-state index in [0.29, 0.717) is 10.0 Å². The number of nitrogens with zero attached hydrogens (tertiary/aromatic N) is 1. The lowest BCUT2D eigenvalue weighted by atomic mass is 9.99. The monoisotopic (exact) mass is 308 g/mol. The summed E-state index contributed by atoms with van der Waals surface area (Å²) in [6.45, 7) is 5.02. The topological polar surface area (TPSA) is 24.9 Å². The summed E-state index contributed by atoms with van der Waals surface area (Å²) in [7, 11) is 0. The van der Waals surface area contributed by atoms with Crippen LogP contribution >= 0.6 is 23.2 Å². The fourth-order valence-electron chi connectivity index (χ4n) is 2.24. The van der Waals surface area contributed by atoms with E-state index in [0.717, 1.165) is 18.7 Å². The standard InChI is InChI=1S/C16H18Cl2N2/c1-3-19-16(13-6-7-20-11(2)8-13)10-12-4-5-14(17)15(18)9-12/h4-9,16,19H,3,10H2,1-2H3. The van der Waals surface area contributed by atoms with E-state index >= 15 is 0 Å². The van der Waals surface area contributed by atoms with Crippen LogP contribution in [0.3, 0.4) is 0 Å². The molecule has 4 heteroatoms. The van der Waals surface area contributed by atoms with Crippen molar-refractivity contribution in [1.29, 1.82) is 0 Å². The van der Waals surface area contributed by atoms with Crippen LogP contribution in [0.5, 0.6) is 0 Å². The third kappa shape index (κ3) is 3.95. The number of rotatable bonds is 5. The molecular weight excluding hydrogens is 291 g/mol. The minimum atomic E-state index is 0.249. The van der Waals surface area contributed by atoms with Gasteiger partial charge in [0.1, 0.15) is 0 Å². The summed E-state index contributed by atoms with van der Waals surface area (Å²) in [5, 5.41) is 4.70. The number of hydrogen-bond donors (Lipinski definition) is 1. The van der Waals surface area contributed by atoms with Crippen molar-refractivity contribution in [3.8, 4) is 0 Å². The molecule has 0 radical (unpaired) electrons. The van der Waals surface area contributed by atoms with Crippen molar-refractivity contribution in [1.82, 2.24) is 10.3 Å². The van der Waals surface area contributed by atoms with Gasteiger partial charge in [-0.05, 0) is 55.3 Å². The molecule has 1 aromatic heterocycles. The predicted molar refractivity (Wildman–Crippen MR) is 85.6 cm³/mol. The molecule has 0 aliphatic rings. The zero-order valence-electron chi connectivity index (χ0n) is 11.7. The van der Waals surface area contributed by atoms with Gasteiger partial charge in [0.05, 0.1) is 10.0 Å². The van der Waals surface area contributed by atoms with Gasteiger partial charge in [0.15, 0.2) is 0 Å². The summed E-state index contributed by atoms with van der Waals surface area (Å²) >= 11 is 12.0. The van der Waals surface area contributed by atoms with Crippen LogP contribution in [-0.4, -0.2) is 11.5 Å². The largest absolute Gasteiger partial charge is 0.310 e. The number of halogens is 2. The van der Waals surface area contributed by atoms with Crippen LogP contribution in [-0.2, 0) is 6.42 Å². The van der Waals surface area contributed by atoms with E-state index in [1.807, 2.05) is 31.3 Å². The summed E-state index contributed by atoms with van der Waals surface area (Å²) in [5.74, 6) is 0. The number of aromatic nitrogens is 1. The Morgan fingerprint density at radius 1 is 1.15 bits per heavy atom. The first-order valence-corrected chi connectivity index (χ1v) is 7.45. The molecule has 106 valence electrons. The zero-order chi connectivity index (χ0) is 14.5. The molecule has 1 heterocycles. The lowest BCUT2D eigenvalue weighted by Crippen LogP contribution is -2.23. The number of pyridine rings is 1. The fraction of sp³-hybridized carbons (Fsp3) is 0.312. The molecule has 0 aliphatic heterocycles. The molecule has 0 saturated carbocycles. The molecule has 2 nitrogen and oxygen atoms in total. The van der Waals surface area contributed by atoms with Gasteiger partial charge in [0.25, 0.3) is 0 Å². The molecule has 0 bridgehead atoms. The van der Waals surface area contributed by atoms with Crippen LogP contribution < -0.4 is 5.32 Å². The van der Waals surface area contributed by atoms with Crippen LogP contribution in [0, 0.1) is 6.92 Å². The maximum absolute atomic E-state index is 6.08. The first kappa shape index (κ1) is 15.3. The number of hydrogen-bond acceptors (Lipinski definition) is 2. The van der Waals surface area contributed by atoms with Gasteiger partial charge in [-0.2, -0.15) is 0 Å². The lowest BCUT2D eigenvalue weighted by Gasteiger charge is -2.19. The lowest BCUT2D eigenvalue weighted by molar-refractivity contribution is 0.549. The van der Waals surface area contributed by atoms with Gasteiger partial charge in [-0.3, -0.25) is 4.98 Å². The van der Waals surface area contributed by atoms with Crippen LogP contribution in [0.15, 0.2) is 36.5 Å². The average Bonchev–Trinajstić information content (AvgIpc) is 2.42. The summed E-state index contributed by atoms with van der Waals surface area (Å²) in [5.41, 5.74) is 3.43. The van der Waals surface area contributed by atoms with Crippen LogP contribution in [0.25, 0.3) is 0 Å². The summed E-state index contributed by atoms with van der Waals surface area (Å²) < 4.78 is 0. The van der Waals surface area contributed by atoms with Gasteiger partial charge in [-0.15, -0.1) is 0 Å². The maximum Gasteiger partial charge on any atom is 0.0595 e. The number of likely N-dealkylation sites (N-methyl/N-ethyl adjacent to an activating group) is 1. The first-order valence-electron chi connectivity index (χ1n) is 6.70. The Hall–Kier alpha value is -1.09. The van der Waals surface area contributed by atoms with Gasteiger partial charge in [0.2, 0.25) is 0 Å². The van der Waals surface area contributed by atoms with Crippen LogP contribution in [0.1, 0.15) is 29.8 Å². The van der Waals surface area contributed by atoms with E-state index < -0.39 is 0 Å². The molecule has 2 rings (SSSR count). The molecule has 0 aliphatic carbocycles.